The normalized spacial score (nSPS) is 16.1. The van der Waals surface area contributed by atoms with Crippen LogP contribution in [0.5, 0.6) is 0 Å². The van der Waals surface area contributed by atoms with Crippen molar-refractivity contribution in [2.24, 2.45) is 0 Å². The molecule has 0 radical (unpaired) electrons. The summed E-state index contributed by atoms with van der Waals surface area (Å²) >= 11 is 0. The summed E-state index contributed by atoms with van der Waals surface area (Å²) in [5.41, 5.74) is 5.91. The average Bonchev–Trinajstić information content (AvgIpc) is 3.47. The van der Waals surface area contributed by atoms with Gasteiger partial charge in [0, 0.05) is 5.56 Å². The maximum Gasteiger partial charge on any atom is 0.287 e. The molecule has 2 aromatic carbocycles. The highest BCUT2D eigenvalue weighted by molar-refractivity contribution is 6.09. The van der Waals surface area contributed by atoms with E-state index in [9.17, 15) is 9.59 Å². The maximum absolute atomic E-state index is 13.4. The Morgan fingerprint density at radius 2 is 1.63 bits per heavy atom. The van der Waals surface area contributed by atoms with Crippen molar-refractivity contribution < 1.29 is 14.0 Å². The minimum absolute atomic E-state index is 0.00154. The Kier molecular flexibility index (Phi) is 5.42. The van der Waals surface area contributed by atoms with E-state index in [0.29, 0.717) is 11.4 Å². The lowest BCUT2D eigenvalue weighted by molar-refractivity contribution is 0.0916. The zero-order chi connectivity index (χ0) is 25.0. The van der Waals surface area contributed by atoms with E-state index in [0.717, 1.165) is 29.4 Å². The molecule has 0 fully saturated rings. The standard InChI is InChI=1S/C29H31N3O3/c1-17-14-19-20(29(4,5)13-12-28(19,2)3)15-18(17)26(33)23-10-11-24(35-23)27(34)30-16-25-31-21-8-6-7-9-22(21)32-25/h6-11,14-15H,12-13,16H2,1-5H3,(H,30,34)(H,31,32). The Balaban J connectivity index is 1.35. The Morgan fingerprint density at radius 3 is 2.34 bits per heavy atom. The fraction of sp³-hybridized carbons (Fsp3) is 0.345. The first-order valence-corrected chi connectivity index (χ1v) is 12.1. The summed E-state index contributed by atoms with van der Waals surface area (Å²) in [6.07, 6.45) is 2.18. The third kappa shape index (κ3) is 4.18. The van der Waals surface area contributed by atoms with Gasteiger partial charge in [-0.25, -0.2) is 4.98 Å². The molecule has 4 aromatic rings. The number of benzene rings is 2. The largest absolute Gasteiger partial charge is 0.447 e. The van der Waals surface area contributed by atoms with Crippen molar-refractivity contribution >= 4 is 22.7 Å². The highest BCUT2D eigenvalue weighted by Crippen LogP contribution is 2.46. The van der Waals surface area contributed by atoms with Gasteiger partial charge in [-0.05, 0) is 77.6 Å². The number of nitrogens with one attached hydrogen (secondary N) is 2. The molecule has 1 amide bonds. The zero-order valence-electron chi connectivity index (χ0n) is 20.9. The van der Waals surface area contributed by atoms with Crippen LogP contribution in [0, 0.1) is 6.92 Å². The molecule has 0 saturated heterocycles. The second kappa shape index (κ2) is 8.22. The number of rotatable bonds is 5. The van der Waals surface area contributed by atoms with Crippen LogP contribution in [0.25, 0.3) is 11.0 Å². The van der Waals surface area contributed by atoms with E-state index < -0.39 is 5.91 Å². The highest BCUT2D eigenvalue weighted by atomic mass is 16.4. The summed E-state index contributed by atoms with van der Waals surface area (Å²) in [7, 11) is 0. The molecule has 2 heterocycles. The lowest BCUT2D eigenvalue weighted by Crippen LogP contribution is -2.34. The number of amides is 1. The zero-order valence-corrected chi connectivity index (χ0v) is 20.9. The molecule has 0 saturated carbocycles. The number of fused-ring (bicyclic) bond motifs is 2. The molecule has 5 rings (SSSR count). The minimum atomic E-state index is -0.394. The quantitative estimate of drug-likeness (QED) is 0.352. The number of nitrogens with zero attached hydrogens (tertiary/aromatic N) is 1. The molecule has 0 spiro atoms. The highest BCUT2D eigenvalue weighted by Gasteiger charge is 2.38. The Hall–Kier alpha value is -3.67. The third-order valence-corrected chi connectivity index (χ3v) is 7.35. The van der Waals surface area contributed by atoms with Crippen molar-refractivity contribution in [3.8, 4) is 0 Å². The summed E-state index contributed by atoms with van der Waals surface area (Å²) in [6, 6.07) is 15.0. The number of aromatic nitrogens is 2. The van der Waals surface area contributed by atoms with Crippen LogP contribution in [-0.2, 0) is 17.4 Å². The number of ketones is 1. The number of aromatic amines is 1. The first-order valence-electron chi connectivity index (χ1n) is 12.1. The monoisotopic (exact) mass is 469 g/mol. The van der Waals surface area contributed by atoms with E-state index in [-0.39, 0.29) is 34.7 Å². The van der Waals surface area contributed by atoms with Crippen LogP contribution in [-0.4, -0.2) is 21.7 Å². The van der Waals surface area contributed by atoms with Crippen molar-refractivity contribution in [1.82, 2.24) is 15.3 Å². The molecule has 0 bridgehead atoms. The predicted octanol–water partition coefficient (Wildman–Crippen LogP) is 5.97. The fourth-order valence-electron chi connectivity index (χ4n) is 5.02. The SMILES string of the molecule is Cc1cc2c(cc1C(=O)c1ccc(C(=O)NCc3nc4ccccc4[nH]3)o1)C(C)(C)CCC2(C)C. The van der Waals surface area contributed by atoms with E-state index in [1.807, 2.05) is 37.3 Å². The van der Waals surface area contributed by atoms with Gasteiger partial charge in [-0.2, -0.15) is 0 Å². The number of hydrogen-bond acceptors (Lipinski definition) is 4. The number of H-pyrrole nitrogens is 1. The second-order valence-electron chi connectivity index (χ2n) is 10.9. The smallest absolute Gasteiger partial charge is 0.287 e. The first kappa shape index (κ1) is 23.1. The van der Waals surface area contributed by atoms with E-state index in [2.05, 4.69) is 49.0 Å². The van der Waals surface area contributed by atoms with Crippen molar-refractivity contribution in [2.75, 3.05) is 0 Å². The van der Waals surface area contributed by atoms with E-state index >= 15 is 0 Å². The topological polar surface area (TPSA) is 88.0 Å². The molecule has 180 valence electrons. The lowest BCUT2D eigenvalue weighted by Gasteiger charge is -2.42. The Bertz CT molecular complexity index is 1420. The van der Waals surface area contributed by atoms with Crippen LogP contribution in [0.15, 0.2) is 52.9 Å². The van der Waals surface area contributed by atoms with Gasteiger partial charge in [0.05, 0.1) is 17.6 Å². The molecular formula is C29H31N3O3. The Labute approximate surface area is 205 Å². The number of hydrogen-bond donors (Lipinski definition) is 2. The summed E-state index contributed by atoms with van der Waals surface area (Å²) in [4.78, 5) is 33.7. The molecule has 1 aliphatic carbocycles. The van der Waals surface area contributed by atoms with Gasteiger partial charge < -0.3 is 14.7 Å². The number of furan rings is 1. The molecule has 0 atom stereocenters. The average molecular weight is 470 g/mol. The molecule has 0 aliphatic heterocycles. The molecule has 2 aromatic heterocycles. The molecule has 6 heteroatoms. The Morgan fingerprint density at radius 1 is 0.971 bits per heavy atom. The number of aryl methyl sites for hydroxylation is 1. The first-order chi connectivity index (χ1) is 16.5. The second-order valence-corrected chi connectivity index (χ2v) is 10.9. The summed E-state index contributed by atoms with van der Waals surface area (Å²) in [6.45, 7) is 11.2. The van der Waals surface area contributed by atoms with Crippen LogP contribution >= 0.6 is 0 Å². The van der Waals surface area contributed by atoms with Crippen molar-refractivity contribution in [3.63, 3.8) is 0 Å². The van der Waals surface area contributed by atoms with Gasteiger partial charge in [-0.1, -0.05) is 45.9 Å². The van der Waals surface area contributed by atoms with Gasteiger partial charge in [0.1, 0.15) is 5.82 Å². The van der Waals surface area contributed by atoms with E-state index in [4.69, 9.17) is 4.42 Å². The van der Waals surface area contributed by atoms with Crippen LogP contribution in [0.4, 0.5) is 0 Å². The molecule has 6 nitrogen and oxygen atoms in total. The van der Waals surface area contributed by atoms with Crippen LogP contribution in [0.2, 0.25) is 0 Å². The molecule has 1 aliphatic rings. The van der Waals surface area contributed by atoms with Crippen molar-refractivity contribution in [3.05, 3.63) is 88.1 Å². The van der Waals surface area contributed by atoms with E-state index in [1.54, 1.807) is 12.1 Å². The van der Waals surface area contributed by atoms with Gasteiger partial charge in [0.2, 0.25) is 5.78 Å². The molecule has 2 N–H and O–H groups in total. The molecule has 0 unspecified atom stereocenters. The van der Waals surface area contributed by atoms with Gasteiger partial charge in [0.25, 0.3) is 5.91 Å². The van der Waals surface area contributed by atoms with Crippen molar-refractivity contribution in [1.29, 1.82) is 0 Å². The summed E-state index contributed by atoms with van der Waals surface area (Å²) < 4.78 is 5.71. The van der Waals surface area contributed by atoms with Crippen LogP contribution < -0.4 is 5.32 Å². The van der Waals surface area contributed by atoms with Gasteiger partial charge >= 0.3 is 0 Å². The summed E-state index contributed by atoms with van der Waals surface area (Å²) in [5, 5.41) is 2.80. The minimum Gasteiger partial charge on any atom is -0.447 e. The maximum atomic E-state index is 13.4. The van der Waals surface area contributed by atoms with E-state index in [1.165, 1.54) is 11.1 Å². The number of imidazole rings is 1. The predicted molar refractivity (Wildman–Crippen MR) is 136 cm³/mol. The van der Waals surface area contributed by atoms with Gasteiger partial charge in [-0.15, -0.1) is 0 Å². The number of para-hydroxylation sites is 2. The van der Waals surface area contributed by atoms with Crippen molar-refractivity contribution in [2.45, 2.75) is 64.8 Å². The van der Waals surface area contributed by atoms with Crippen LogP contribution in [0.1, 0.15) is 89.7 Å². The van der Waals surface area contributed by atoms with Gasteiger partial charge in [-0.3, -0.25) is 9.59 Å². The lowest BCUT2D eigenvalue weighted by atomic mass is 9.62. The summed E-state index contributed by atoms with van der Waals surface area (Å²) in [5.74, 6) is 0.310. The fourth-order valence-corrected chi connectivity index (χ4v) is 5.02. The molecule has 35 heavy (non-hydrogen) atoms. The molecular weight excluding hydrogens is 438 g/mol. The van der Waals surface area contributed by atoms with Crippen LogP contribution in [0.3, 0.4) is 0 Å². The van der Waals surface area contributed by atoms with Gasteiger partial charge in [0.15, 0.2) is 11.5 Å². The number of carbonyl (C=O) groups is 2. The third-order valence-electron chi connectivity index (χ3n) is 7.35. The number of carbonyl (C=O) groups excluding carboxylic acids is 2.